The zero-order chi connectivity index (χ0) is 22.0. The van der Waals surface area contributed by atoms with E-state index in [0.29, 0.717) is 5.69 Å². The lowest BCUT2D eigenvalue weighted by atomic mass is 10.0. The number of fused-ring (bicyclic) bond motifs is 1. The summed E-state index contributed by atoms with van der Waals surface area (Å²) in [5.41, 5.74) is 0.366. The van der Waals surface area contributed by atoms with Crippen LogP contribution in [0.25, 0.3) is 0 Å². The summed E-state index contributed by atoms with van der Waals surface area (Å²) in [5, 5.41) is 13.0. The molecule has 13 heteroatoms. The van der Waals surface area contributed by atoms with Gasteiger partial charge in [0.1, 0.15) is 35.9 Å². The van der Waals surface area contributed by atoms with Crippen LogP contribution < -0.4 is 10.2 Å². The van der Waals surface area contributed by atoms with Gasteiger partial charge in [-0.25, -0.2) is 4.79 Å². The molecule has 2 atom stereocenters. The van der Waals surface area contributed by atoms with Gasteiger partial charge in [0.15, 0.2) is 0 Å². The van der Waals surface area contributed by atoms with Gasteiger partial charge in [-0.2, -0.15) is 0 Å². The molecule has 0 spiro atoms. The van der Waals surface area contributed by atoms with Gasteiger partial charge in [-0.15, -0.1) is 11.8 Å². The maximum atomic E-state index is 12.5. The van der Waals surface area contributed by atoms with Crippen LogP contribution in [0.5, 0.6) is 0 Å². The van der Waals surface area contributed by atoms with Crippen molar-refractivity contribution in [1.82, 2.24) is 15.2 Å². The summed E-state index contributed by atoms with van der Waals surface area (Å²) in [5.74, 6) is -3.41. The number of aromatic nitrogens is 1. The molecule has 0 unspecified atom stereocenters. The molecule has 3 rings (SSSR count). The second-order valence-corrected chi connectivity index (χ2v) is 8.55. The quantitative estimate of drug-likeness (QED) is 0.260. The van der Waals surface area contributed by atoms with Gasteiger partial charge in [0.25, 0.3) is 5.91 Å². The van der Waals surface area contributed by atoms with Gasteiger partial charge in [-0.1, -0.05) is 11.3 Å². The number of carboxylic acid groups (broad SMARTS) is 1. The number of thioether (sulfide) groups is 1. The number of rotatable bonds is 8. The molecular formula is C17H17N3O8S2. The number of thiazole rings is 1. The number of aromatic amines is 1. The molecule has 1 saturated heterocycles. The minimum Gasteiger partial charge on any atom is -0.477 e. The number of carbonyl (C=O) groups excluding carboxylic acids is 4. The third-order valence-electron chi connectivity index (χ3n) is 4.29. The number of hydrogen-bond acceptors (Lipinski definition) is 9. The molecule has 1 fully saturated rings. The first kappa shape index (κ1) is 21.8. The zero-order valence-corrected chi connectivity index (χ0v) is 17.3. The lowest BCUT2D eigenvalue weighted by molar-refractivity contribution is -0.151. The third-order valence-corrected chi connectivity index (χ3v) is 6.35. The summed E-state index contributed by atoms with van der Waals surface area (Å²) in [6, 6.07) is -0.899. The van der Waals surface area contributed by atoms with E-state index in [9.17, 15) is 33.9 Å². The highest BCUT2D eigenvalue weighted by Crippen LogP contribution is 2.40. The Hall–Kier alpha value is -2.93. The van der Waals surface area contributed by atoms with Gasteiger partial charge in [0.05, 0.1) is 6.42 Å². The van der Waals surface area contributed by atoms with Crippen molar-refractivity contribution in [3.8, 4) is 0 Å². The first-order valence-electron chi connectivity index (χ1n) is 8.68. The maximum absolute atomic E-state index is 12.5. The van der Waals surface area contributed by atoms with Crippen LogP contribution in [0.4, 0.5) is 0 Å². The van der Waals surface area contributed by atoms with Gasteiger partial charge >= 0.3 is 16.8 Å². The number of ketones is 1. The minimum atomic E-state index is -1.35. The maximum Gasteiger partial charge on any atom is 0.352 e. The molecule has 0 aromatic carbocycles. The number of Topliss-reactive ketones (excluding diaryl/α,β-unsaturated/α-hetero) is 1. The van der Waals surface area contributed by atoms with Crippen LogP contribution in [0.3, 0.4) is 0 Å². The van der Waals surface area contributed by atoms with Crippen LogP contribution in [-0.2, 0) is 35.1 Å². The topological polar surface area (TPSA) is 163 Å². The summed E-state index contributed by atoms with van der Waals surface area (Å²) in [6.45, 7) is 0.882. The van der Waals surface area contributed by atoms with Crippen LogP contribution in [0, 0.1) is 0 Å². The van der Waals surface area contributed by atoms with Gasteiger partial charge < -0.3 is 20.1 Å². The average Bonchev–Trinajstić information content (AvgIpc) is 3.07. The summed E-state index contributed by atoms with van der Waals surface area (Å²) >= 11 is 2.15. The Balaban J connectivity index is 1.66. The molecule has 1 aromatic heterocycles. The highest BCUT2D eigenvalue weighted by Gasteiger charge is 2.54. The van der Waals surface area contributed by atoms with E-state index in [1.54, 1.807) is 0 Å². The summed E-state index contributed by atoms with van der Waals surface area (Å²) in [4.78, 5) is 73.3. The van der Waals surface area contributed by atoms with E-state index < -0.39 is 41.6 Å². The number of nitrogens with zero attached hydrogens (tertiary/aromatic N) is 1. The third kappa shape index (κ3) is 4.62. The predicted molar refractivity (Wildman–Crippen MR) is 105 cm³/mol. The number of amides is 2. The van der Waals surface area contributed by atoms with E-state index in [-0.39, 0.29) is 40.7 Å². The van der Waals surface area contributed by atoms with Crippen molar-refractivity contribution in [2.75, 3.05) is 12.4 Å². The Morgan fingerprint density at radius 1 is 1.33 bits per heavy atom. The zero-order valence-electron chi connectivity index (χ0n) is 15.6. The fourth-order valence-electron chi connectivity index (χ4n) is 3.01. The smallest absolute Gasteiger partial charge is 0.352 e. The number of ether oxygens (including phenoxy) is 1. The predicted octanol–water partition coefficient (Wildman–Crippen LogP) is -0.760. The van der Waals surface area contributed by atoms with E-state index in [1.165, 1.54) is 24.1 Å². The van der Waals surface area contributed by atoms with Crippen molar-refractivity contribution >= 4 is 52.6 Å². The molecule has 0 radical (unpaired) electrons. The summed E-state index contributed by atoms with van der Waals surface area (Å²) in [7, 11) is 0. The molecule has 2 amide bonds. The van der Waals surface area contributed by atoms with Crippen LogP contribution in [0.2, 0.25) is 0 Å². The fourth-order valence-corrected chi connectivity index (χ4v) is 4.92. The first-order chi connectivity index (χ1) is 14.2. The van der Waals surface area contributed by atoms with Gasteiger partial charge in [-0.3, -0.25) is 28.9 Å². The molecule has 2 aliphatic rings. The Kier molecular flexibility index (Phi) is 6.41. The minimum absolute atomic E-state index is 0.112. The number of carbonyl (C=O) groups is 5. The molecule has 11 nitrogen and oxygen atoms in total. The lowest BCUT2D eigenvalue weighted by Crippen LogP contribution is -2.70. The van der Waals surface area contributed by atoms with E-state index in [2.05, 4.69) is 10.3 Å². The number of hydrogen-bond donors (Lipinski definition) is 3. The Morgan fingerprint density at radius 2 is 2.07 bits per heavy atom. The van der Waals surface area contributed by atoms with Gasteiger partial charge in [0.2, 0.25) is 5.91 Å². The average molecular weight is 455 g/mol. The van der Waals surface area contributed by atoms with Crippen molar-refractivity contribution in [2.24, 2.45) is 0 Å². The monoisotopic (exact) mass is 455 g/mol. The number of nitrogens with one attached hydrogen (secondary N) is 2. The van der Waals surface area contributed by atoms with Crippen LogP contribution in [-0.4, -0.2) is 68.3 Å². The molecule has 2 aliphatic heterocycles. The van der Waals surface area contributed by atoms with E-state index in [4.69, 9.17) is 4.74 Å². The fraction of sp³-hybridized carbons (Fsp3) is 0.412. The molecule has 3 N–H and O–H groups in total. The molecule has 160 valence electrons. The van der Waals surface area contributed by atoms with Crippen molar-refractivity contribution in [1.29, 1.82) is 0 Å². The second kappa shape index (κ2) is 8.83. The molecule has 30 heavy (non-hydrogen) atoms. The normalized spacial score (nSPS) is 20.3. The molecular weight excluding hydrogens is 438 g/mol. The summed E-state index contributed by atoms with van der Waals surface area (Å²) < 4.78 is 4.95. The van der Waals surface area contributed by atoms with Crippen molar-refractivity contribution in [3.63, 3.8) is 0 Å². The highest BCUT2D eigenvalue weighted by atomic mass is 32.2. The van der Waals surface area contributed by atoms with Crippen molar-refractivity contribution in [2.45, 2.75) is 31.2 Å². The SMILES string of the molecule is CC(=O)CC(=O)OCC1=C(C(=O)O)N2C(=O)[C@@H](NC(=O)Cc3csc(=O)[nH]3)[C@@H]2SC1. The van der Waals surface area contributed by atoms with Gasteiger partial charge in [0, 0.05) is 22.4 Å². The highest BCUT2D eigenvalue weighted by molar-refractivity contribution is 8.00. The van der Waals surface area contributed by atoms with Crippen molar-refractivity contribution in [3.05, 3.63) is 32.0 Å². The lowest BCUT2D eigenvalue weighted by Gasteiger charge is -2.49. The number of H-pyrrole nitrogens is 1. The largest absolute Gasteiger partial charge is 0.477 e. The second-order valence-electron chi connectivity index (χ2n) is 6.60. The standard InChI is InChI=1S/C17H17N3O8S2/c1-7(21)2-11(23)28-4-8-5-29-15-12(14(24)20(15)13(8)16(25)26)19-10(22)3-9-6-30-17(27)18-9/h6,12,15H,2-5H2,1H3,(H,18,27)(H,19,22)(H,25,26)/t12-,15+/m1/s1. The number of β-lactam (4-membered cyclic amide) rings is 1. The van der Waals surface area contributed by atoms with Crippen molar-refractivity contribution < 1.29 is 33.8 Å². The van der Waals surface area contributed by atoms with Gasteiger partial charge in [-0.05, 0) is 6.92 Å². The summed E-state index contributed by atoms with van der Waals surface area (Å²) in [6.07, 6.45) is -0.531. The number of carboxylic acids is 1. The molecule has 3 heterocycles. The first-order valence-corrected chi connectivity index (χ1v) is 10.6. The Bertz CT molecular complexity index is 1010. The Morgan fingerprint density at radius 3 is 2.67 bits per heavy atom. The van der Waals surface area contributed by atoms with E-state index >= 15 is 0 Å². The van der Waals surface area contributed by atoms with Crippen LogP contribution >= 0.6 is 23.1 Å². The molecule has 0 aliphatic carbocycles. The Labute approximate surface area is 177 Å². The number of esters is 1. The van der Waals surface area contributed by atoms with E-state index in [1.807, 2.05) is 0 Å². The molecule has 0 bridgehead atoms. The van der Waals surface area contributed by atoms with Crippen LogP contribution in [0.15, 0.2) is 21.4 Å². The number of aliphatic carboxylic acids is 1. The van der Waals surface area contributed by atoms with Crippen LogP contribution in [0.1, 0.15) is 19.0 Å². The molecule has 0 saturated carbocycles. The molecule has 1 aromatic rings. The van der Waals surface area contributed by atoms with E-state index in [0.717, 1.165) is 16.2 Å².